The zero-order valence-corrected chi connectivity index (χ0v) is 18.6. The molecule has 0 unspecified atom stereocenters. The summed E-state index contributed by atoms with van der Waals surface area (Å²) >= 11 is 0. The lowest BCUT2D eigenvalue weighted by atomic mass is 10.2. The first kappa shape index (κ1) is 21.2. The topological polar surface area (TPSA) is 63.0 Å². The molecule has 1 atom stereocenters. The van der Waals surface area contributed by atoms with Crippen molar-refractivity contribution in [1.82, 2.24) is 4.90 Å². The Balaban J connectivity index is 1.33. The summed E-state index contributed by atoms with van der Waals surface area (Å²) < 4.78 is 23.5. The maximum atomic E-state index is 12.9. The molecule has 3 aromatic rings. The molecule has 0 bridgehead atoms. The lowest BCUT2D eigenvalue weighted by Crippen LogP contribution is -2.48. The number of hydrogen-bond donors (Lipinski definition) is 0. The van der Waals surface area contributed by atoms with Crippen molar-refractivity contribution in [2.24, 2.45) is 0 Å². The number of carbonyl (C=O) groups excluding carboxylic acids is 1. The van der Waals surface area contributed by atoms with Crippen LogP contribution in [-0.2, 0) is 16.6 Å². The summed E-state index contributed by atoms with van der Waals surface area (Å²) in [6.45, 7) is 4.74. The molecule has 1 aromatic heterocycles. The van der Waals surface area contributed by atoms with Crippen LogP contribution in [-0.4, -0.2) is 48.3 Å². The van der Waals surface area contributed by atoms with Crippen LogP contribution in [0.15, 0.2) is 70.0 Å². The van der Waals surface area contributed by atoms with Crippen LogP contribution in [0.2, 0.25) is 0 Å². The molecule has 0 radical (unpaired) electrons. The third-order valence-corrected chi connectivity index (χ3v) is 6.78. The van der Waals surface area contributed by atoms with E-state index in [0.717, 1.165) is 35.0 Å². The van der Waals surface area contributed by atoms with Gasteiger partial charge in [0, 0.05) is 36.8 Å². The average Bonchev–Trinajstić information content (AvgIpc) is 3.27. The van der Waals surface area contributed by atoms with Crippen molar-refractivity contribution >= 4 is 22.4 Å². The Kier molecular flexibility index (Phi) is 6.42. The van der Waals surface area contributed by atoms with Gasteiger partial charge in [0.05, 0.1) is 23.7 Å². The number of rotatable bonds is 6. The Bertz CT molecular complexity index is 1050. The molecule has 0 N–H and O–H groups in total. The lowest BCUT2D eigenvalue weighted by molar-refractivity contribution is 0.0713. The van der Waals surface area contributed by atoms with Crippen molar-refractivity contribution < 1.29 is 18.2 Å². The maximum Gasteiger partial charge on any atom is 0.289 e. The largest absolute Gasteiger partial charge is 0.497 e. The number of anilines is 1. The summed E-state index contributed by atoms with van der Waals surface area (Å²) in [5.74, 6) is 1.81. The van der Waals surface area contributed by atoms with Gasteiger partial charge in [-0.25, -0.2) is 0 Å². The maximum absolute atomic E-state index is 12.9. The predicted molar refractivity (Wildman–Crippen MR) is 121 cm³/mol. The van der Waals surface area contributed by atoms with E-state index in [-0.39, 0.29) is 11.7 Å². The fourth-order valence-electron chi connectivity index (χ4n) is 3.59. The average molecular weight is 439 g/mol. The van der Waals surface area contributed by atoms with Crippen molar-refractivity contribution in [2.75, 3.05) is 38.2 Å². The molecule has 2 aromatic carbocycles. The van der Waals surface area contributed by atoms with Crippen LogP contribution in [0.3, 0.4) is 0 Å². The number of nitrogens with zero attached hydrogens (tertiary/aromatic N) is 2. The number of amides is 1. The molecular formula is C24H26N2O4S. The lowest BCUT2D eigenvalue weighted by Gasteiger charge is -2.35. The van der Waals surface area contributed by atoms with Gasteiger partial charge in [-0.3, -0.25) is 9.00 Å². The second kappa shape index (κ2) is 9.39. The van der Waals surface area contributed by atoms with E-state index in [0.29, 0.717) is 24.6 Å². The van der Waals surface area contributed by atoms with E-state index >= 15 is 0 Å². The van der Waals surface area contributed by atoms with Gasteiger partial charge in [-0.2, -0.15) is 0 Å². The molecule has 0 saturated carbocycles. The number of methoxy groups -OCH3 is 1. The van der Waals surface area contributed by atoms with Gasteiger partial charge in [0.15, 0.2) is 5.76 Å². The summed E-state index contributed by atoms with van der Waals surface area (Å²) in [6.07, 6.45) is 0. The molecule has 7 heteroatoms. The Morgan fingerprint density at radius 3 is 2.29 bits per heavy atom. The van der Waals surface area contributed by atoms with Crippen molar-refractivity contribution in [3.05, 3.63) is 77.7 Å². The summed E-state index contributed by atoms with van der Waals surface area (Å²) in [5.41, 5.74) is 2.24. The minimum atomic E-state index is -1.21. The summed E-state index contributed by atoms with van der Waals surface area (Å²) in [6, 6.07) is 19.0. The highest BCUT2D eigenvalue weighted by atomic mass is 32.2. The smallest absolute Gasteiger partial charge is 0.289 e. The van der Waals surface area contributed by atoms with Gasteiger partial charge in [-0.05, 0) is 55.5 Å². The highest BCUT2D eigenvalue weighted by Gasteiger charge is 2.24. The number of ether oxygens (including phenoxy) is 1. The Morgan fingerprint density at radius 2 is 1.65 bits per heavy atom. The van der Waals surface area contributed by atoms with Gasteiger partial charge in [-0.15, -0.1) is 0 Å². The van der Waals surface area contributed by atoms with Crippen LogP contribution in [0.5, 0.6) is 5.75 Å². The molecule has 162 valence electrons. The quantitative estimate of drug-likeness (QED) is 0.585. The number of furan rings is 1. The highest BCUT2D eigenvalue weighted by molar-refractivity contribution is 7.84. The third-order valence-electron chi connectivity index (χ3n) is 5.43. The first-order chi connectivity index (χ1) is 15.0. The Hall–Kier alpha value is -3.06. The molecule has 1 aliphatic heterocycles. The van der Waals surface area contributed by atoms with Crippen molar-refractivity contribution in [3.8, 4) is 5.75 Å². The first-order valence-corrected chi connectivity index (χ1v) is 11.6. The normalized spacial score (nSPS) is 15.0. The van der Waals surface area contributed by atoms with E-state index in [4.69, 9.17) is 9.15 Å². The number of benzene rings is 2. The molecule has 6 nitrogen and oxygen atoms in total. The molecule has 2 heterocycles. The van der Waals surface area contributed by atoms with E-state index in [1.165, 1.54) is 0 Å². The van der Waals surface area contributed by atoms with Crippen molar-refractivity contribution in [2.45, 2.75) is 17.6 Å². The van der Waals surface area contributed by atoms with Crippen LogP contribution >= 0.6 is 0 Å². The van der Waals surface area contributed by atoms with E-state index in [1.54, 1.807) is 24.1 Å². The van der Waals surface area contributed by atoms with Gasteiger partial charge in [0.2, 0.25) is 0 Å². The first-order valence-electron chi connectivity index (χ1n) is 10.3. The van der Waals surface area contributed by atoms with Crippen LogP contribution < -0.4 is 9.64 Å². The molecule has 0 spiro atoms. The van der Waals surface area contributed by atoms with E-state index in [9.17, 15) is 9.00 Å². The number of hydrogen-bond acceptors (Lipinski definition) is 5. The van der Waals surface area contributed by atoms with Gasteiger partial charge in [0.25, 0.3) is 5.91 Å². The molecule has 1 fully saturated rings. The Labute approximate surface area is 184 Å². The van der Waals surface area contributed by atoms with Gasteiger partial charge >= 0.3 is 0 Å². The number of piperazine rings is 1. The van der Waals surface area contributed by atoms with Crippen LogP contribution in [0.25, 0.3) is 0 Å². The molecule has 1 saturated heterocycles. The van der Waals surface area contributed by atoms with E-state index in [1.807, 2.05) is 55.5 Å². The summed E-state index contributed by atoms with van der Waals surface area (Å²) in [7, 11) is 0.442. The van der Waals surface area contributed by atoms with Gasteiger partial charge in [0.1, 0.15) is 11.5 Å². The fourth-order valence-corrected chi connectivity index (χ4v) is 4.61. The van der Waals surface area contributed by atoms with Crippen LogP contribution in [0.1, 0.15) is 21.9 Å². The predicted octanol–water partition coefficient (Wildman–Crippen LogP) is 3.87. The number of aryl methyl sites for hydroxylation is 1. The van der Waals surface area contributed by atoms with Gasteiger partial charge in [-0.1, -0.05) is 17.7 Å². The highest BCUT2D eigenvalue weighted by Crippen LogP contribution is 2.22. The zero-order valence-electron chi connectivity index (χ0n) is 17.7. The molecule has 1 amide bonds. The molecular weight excluding hydrogens is 412 g/mol. The third kappa shape index (κ3) is 4.99. The Morgan fingerprint density at radius 1 is 0.968 bits per heavy atom. The van der Waals surface area contributed by atoms with Crippen molar-refractivity contribution in [3.63, 3.8) is 0 Å². The summed E-state index contributed by atoms with van der Waals surface area (Å²) in [4.78, 5) is 17.7. The van der Waals surface area contributed by atoms with Crippen LogP contribution in [0, 0.1) is 6.92 Å². The van der Waals surface area contributed by atoms with Crippen LogP contribution in [0.4, 0.5) is 5.69 Å². The van der Waals surface area contributed by atoms with Gasteiger partial charge < -0.3 is 19.0 Å². The monoisotopic (exact) mass is 438 g/mol. The van der Waals surface area contributed by atoms with E-state index < -0.39 is 10.8 Å². The van der Waals surface area contributed by atoms with E-state index in [2.05, 4.69) is 4.90 Å². The zero-order chi connectivity index (χ0) is 21.8. The molecule has 4 rings (SSSR count). The minimum absolute atomic E-state index is 0.123. The van der Waals surface area contributed by atoms with Crippen molar-refractivity contribution in [1.29, 1.82) is 0 Å². The minimum Gasteiger partial charge on any atom is -0.497 e. The molecule has 31 heavy (non-hydrogen) atoms. The standard InChI is InChI=1S/C24H26N2O4S/c1-18-3-10-22(11-4-18)31(28)17-21-9-12-23(30-21)24(27)26-15-13-25(14-16-26)19-5-7-20(29-2)8-6-19/h3-12H,13-17H2,1-2H3/t31-/m1/s1. The second-order valence-electron chi connectivity index (χ2n) is 7.55. The molecule has 1 aliphatic rings. The fraction of sp³-hybridized carbons (Fsp3) is 0.292. The summed E-state index contributed by atoms with van der Waals surface area (Å²) in [5, 5.41) is 0. The second-order valence-corrected chi connectivity index (χ2v) is 9.00. The SMILES string of the molecule is COc1ccc(N2CCN(C(=O)c3ccc(C[S@@](=O)c4ccc(C)cc4)o3)CC2)cc1. The number of carbonyl (C=O) groups is 1. The molecule has 0 aliphatic carbocycles.